The molecule has 0 fully saturated rings. The maximum absolute atomic E-state index is 5.51. The first-order valence-corrected chi connectivity index (χ1v) is 7.30. The van der Waals surface area contributed by atoms with Crippen molar-refractivity contribution in [3.63, 3.8) is 0 Å². The van der Waals surface area contributed by atoms with Crippen LogP contribution in [0, 0.1) is 18.6 Å². The van der Waals surface area contributed by atoms with E-state index in [9.17, 15) is 0 Å². The van der Waals surface area contributed by atoms with Crippen LogP contribution in [0.15, 0.2) is 18.2 Å². The second kappa shape index (κ2) is 5.04. The summed E-state index contributed by atoms with van der Waals surface area (Å²) in [4.78, 5) is 3.27. The lowest BCUT2D eigenvalue weighted by molar-refractivity contribution is 0.414. The number of methoxy groups -OCH3 is 1. The van der Waals surface area contributed by atoms with Crippen molar-refractivity contribution in [3.8, 4) is 11.4 Å². The number of fused-ring (bicyclic) bond motifs is 1. The van der Waals surface area contributed by atoms with E-state index in [1.807, 2.05) is 34.4 Å². The summed E-state index contributed by atoms with van der Waals surface area (Å²) >= 11 is 5.51. The fourth-order valence-corrected chi connectivity index (χ4v) is 2.94. The normalized spacial score (nSPS) is 11.2. The van der Waals surface area contributed by atoms with Crippen LogP contribution in [0.5, 0.6) is 5.75 Å². The van der Waals surface area contributed by atoms with Crippen molar-refractivity contribution < 1.29 is 4.74 Å². The molecule has 3 aromatic rings. The summed E-state index contributed by atoms with van der Waals surface area (Å²) in [5.74, 6) is 0.842. The molecule has 2 heterocycles. The average Bonchev–Trinajstić information content (AvgIpc) is 2.96. The Morgan fingerprint density at radius 3 is 2.71 bits per heavy atom. The Kier molecular flexibility index (Phi) is 3.33. The maximum atomic E-state index is 5.51. The van der Waals surface area contributed by atoms with E-state index in [1.54, 1.807) is 7.11 Å². The molecule has 21 heavy (non-hydrogen) atoms. The van der Waals surface area contributed by atoms with Gasteiger partial charge >= 0.3 is 0 Å². The Morgan fingerprint density at radius 2 is 2.10 bits per heavy atom. The Balaban J connectivity index is 2.34. The van der Waals surface area contributed by atoms with Crippen molar-refractivity contribution in [3.05, 3.63) is 34.2 Å². The topological polar surface area (TPSA) is 47.8 Å². The van der Waals surface area contributed by atoms with Crippen molar-refractivity contribution in [2.75, 3.05) is 7.11 Å². The van der Waals surface area contributed by atoms with Gasteiger partial charge in [-0.1, -0.05) is 0 Å². The summed E-state index contributed by atoms with van der Waals surface area (Å²) in [7, 11) is 1.67. The van der Waals surface area contributed by atoms with E-state index in [0.717, 1.165) is 40.4 Å². The summed E-state index contributed by atoms with van der Waals surface area (Å²) in [6, 6.07) is 5.98. The van der Waals surface area contributed by atoms with Crippen molar-refractivity contribution in [2.24, 2.45) is 0 Å². The number of imidazole rings is 1. The number of hydrogen-bond acceptors (Lipinski definition) is 3. The lowest BCUT2D eigenvalue weighted by Crippen LogP contribution is -2.05. The van der Waals surface area contributed by atoms with Gasteiger partial charge in [-0.2, -0.15) is 5.10 Å². The molecule has 0 radical (unpaired) electrons. The third kappa shape index (κ3) is 2.06. The maximum Gasteiger partial charge on any atom is 0.184 e. The third-order valence-electron chi connectivity index (χ3n) is 3.69. The Labute approximate surface area is 128 Å². The van der Waals surface area contributed by atoms with Crippen LogP contribution in [0.4, 0.5) is 0 Å². The number of ether oxygens (including phenoxy) is 1. The molecule has 110 valence electrons. The van der Waals surface area contributed by atoms with Crippen molar-refractivity contribution in [1.82, 2.24) is 19.3 Å². The molecule has 0 unspecified atom stereocenters. The van der Waals surface area contributed by atoms with Crippen LogP contribution in [-0.2, 0) is 6.54 Å². The highest BCUT2D eigenvalue weighted by Gasteiger charge is 2.16. The minimum atomic E-state index is 0.681. The van der Waals surface area contributed by atoms with E-state index in [1.165, 1.54) is 0 Å². The van der Waals surface area contributed by atoms with Gasteiger partial charge in [-0.25, -0.2) is 4.68 Å². The second-order valence-corrected chi connectivity index (χ2v) is 5.40. The van der Waals surface area contributed by atoms with E-state index < -0.39 is 0 Å². The van der Waals surface area contributed by atoms with E-state index in [4.69, 9.17) is 17.0 Å². The van der Waals surface area contributed by atoms with Gasteiger partial charge in [-0.05, 0) is 56.8 Å². The van der Waals surface area contributed by atoms with Crippen molar-refractivity contribution >= 4 is 23.4 Å². The SMILES string of the molecule is CCn1nc(C)c2[nH]c(=S)n(-c3ccc(OC)cc3C)c21. The largest absolute Gasteiger partial charge is 0.497 e. The van der Waals surface area contributed by atoms with Gasteiger partial charge in [0.2, 0.25) is 0 Å². The lowest BCUT2D eigenvalue weighted by Gasteiger charge is -2.11. The van der Waals surface area contributed by atoms with E-state index in [2.05, 4.69) is 23.9 Å². The first kappa shape index (κ1) is 13.9. The lowest BCUT2D eigenvalue weighted by atomic mass is 10.2. The minimum Gasteiger partial charge on any atom is -0.497 e. The van der Waals surface area contributed by atoms with Crippen LogP contribution < -0.4 is 4.74 Å². The molecule has 0 saturated carbocycles. The molecule has 0 aliphatic carbocycles. The Hall–Kier alpha value is -2.08. The third-order valence-corrected chi connectivity index (χ3v) is 3.98. The van der Waals surface area contributed by atoms with Gasteiger partial charge < -0.3 is 9.72 Å². The molecule has 0 atom stereocenters. The zero-order valence-corrected chi connectivity index (χ0v) is 13.4. The highest BCUT2D eigenvalue weighted by molar-refractivity contribution is 7.71. The summed E-state index contributed by atoms with van der Waals surface area (Å²) < 4.78 is 9.97. The molecule has 0 bridgehead atoms. The first-order chi connectivity index (χ1) is 10.1. The van der Waals surface area contributed by atoms with Gasteiger partial charge in [0, 0.05) is 6.54 Å². The predicted octanol–water partition coefficient (Wildman–Crippen LogP) is 3.53. The van der Waals surface area contributed by atoms with Crippen LogP contribution in [0.25, 0.3) is 16.9 Å². The standard InChI is InChI=1S/C15H18N4OS/c1-5-18-14-13(10(3)17-18)16-15(21)19(14)12-7-6-11(20-4)8-9(12)2/h6-8H,5H2,1-4H3,(H,16,21). The molecule has 0 spiro atoms. The number of nitrogens with one attached hydrogen (secondary N) is 1. The van der Waals surface area contributed by atoms with E-state index in [0.29, 0.717) is 4.77 Å². The van der Waals surface area contributed by atoms with Crippen LogP contribution in [0.2, 0.25) is 0 Å². The van der Waals surface area contributed by atoms with Crippen LogP contribution in [0.1, 0.15) is 18.2 Å². The van der Waals surface area contributed by atoms with Crippen LogP contribution in [-0.4, -0.2) is 26.4 Å². The van der Waals surface area contributed by atoms with Crippen LogP contribution >= 0.6 is 12.2 Å². The molecule has 3 rings (SSSR count). The Bertz CT molecular complexity index is 872. The molecule has 0 aliphatic rings. The van der Waals surface area contributed by atoms with Crippen molar-refractivity contribution in [2.45, 2.75) is 27.3 Å². The van der Waals surface area contributed by atoms with E-state index in [-0.39, 0.29) is 0 Å². The number of aromatic nitrogens is 4. The quantitative estimate of drug-likeness (QED) is 0.753. The number of hydrogen-bond donors (Lipinski definition) is 1. The summed E-state index contributed by atoms with van der Waals surface area (Å²) in [6.45, 7) is 6.92. The minimum absolute atomic E-state index is 0.681. The van der Waals surface area contributed by atoms with Gasteiger partial charge in [0.05, 0.1) is 18.5 Å². The van der Waals surface area contributed by atoms with Gasteiger partial charge in [0.15, 0.2) is 10.4 Å². The number of benzene rings is 1. The zero-order valence-electron chi connectivity index (χ0n) is 12.6. The van der Waals surface area contributed by atoms with Crippen molar-refractivity contribution in [1.29, 1.82) is 0 Å². The molecular formula is C15H18N4OS. The smallest absolute Gasteiger partial charge is 0.184 e. The highest BCUT2D eigenvalue weighted by Crippen LogP contribution is 2.26. The summed E-state index contributed by atoms with van der Waals surface area (Å²) in [5.41, 5.74) is 5.11. The molecule has 1 N–H and O–H groups in total. The molecule has 0 aliphatic heterocycles. The number of aryl methyl sites for hydroxylation is 3. The molecule has 5 nitrogen and oxygen atoms in total. The predicted molar refractivity (Wildman–Crippen MR) is 85.9 cm³/mol. The fraction of sp³-hybridized carbons (Fsp3) is 0.333. The molecule has 1 aromatic carbocycles. The molecule has 0 saturated heterocycles. The number of H-pyrrole nitrogens is 1. The zero-order chi connectivity index (χ0) is 15.1. The first-order valence-electron chi connectivity index (χ1n) is 6.90. The second-order valence-electron chi connectivity index (χ2n) is 5.02. The van der Waals surface area contributed by atoms with Gasteiger partial charge in [0.25, 0.3) is 0 Å². The molecule has 2 aromatic heterocycles. The van der Waals surface area contributed by atoms with Crippen LogP contribution in [0.3, 0.4) is 0 Å². The summed E-state index contributed by atoms with van der Waals surface area (Å²) in [6.07, 6.45) is 0. The molecular weight excluding hydrogens is 284 g/mol. The number of nitrogens with zero attached hydrogens (tertiary/aromatic N) is 3. The fourth-order valence-electron chi connectivity index (χ4n) is 2.65. The van der Waals surface area contributed by atoms with E-state index >= 15 is 0 Å². The average molecular weight is 302 g/mol. The van der Waals surface area contributed by atoms with Gasteiger partial charge in [-0.3, -0.25) is 4.57 Å². The number of rotatable bonds is 3. The number of aromatic amines is 1. The van der Waals surface area contributed by atoms with Gasteiger partial charge in [0.1, 0.15) is 11.3 Å². The summed E-state index contributed by atoms with van der Waals surface area (Å²) in [5, 5.41) is 4.55. The highest BCUT2D eigenvalue weighted by atomic mass is 32.1. The molecule has 0 amide bonds. The molecule has 6 heteroatoms. The monoisotopic (exact) mass is 302 g/mol. The van der Waals surface area contributed by atoms with Gasteiger partial charge in [-0.15, -0.1) is 0 Å². The Morgan fingerprint density at radius 1 is 1.33 bits per heavy atom.